The highest BCUT2D eigenvalue weighted by Gasteiger charge is 2.20. The first-order chi connectivity index (χ1) is 9.74. The van der Waals surface area contributed by atoms with Crippen LogP contribution in [0.2, 0.25) is 5.15 Å². The van der Waals surface area contributed by atoms with Gasteiger partial charge in [-0.3, -0.25) is 4.21 Å². The second-order valence-corrected chi connectivity index (χ2v) is 6.74. The minimum atomic E-state index is -1.22. The first kappa shape index (κ1) is 13.9. The minimum absolute atomic E-state index is 0.248. The van der Waals surface area contributed by atoms with Gasteiger partial charge in [0.05, 0.1) is 21.8 Å². The zero-order chi connectivity index (χ0) is 13.9. The standard InChI is InChI=1S/C14H16ClN3OS/c15-13-14(18-12-7-2-1-6-11(12)17-13)20(19)9-10-5-3-4-8-16-10/h1-2,6-7,10,16H,3-5,8-9H2/t10-,20+/m1/s1. The van der Waals surface area contributed by atoms with Crippen LogP contribution in [0, 0.1) is 0 Å². The zero-order valence-corrected chi connectivity index (χ0v) is 12.6. The average Bonchev–Trinajstić information content (AvgIpc) is 2.47. The fraction of sp³-hybridized carbons (Fsp3) is 0.429. The molecular formula is C14H16ClN3OS. The quantitative estimate of drug-likeness (QED) is 0.946. The summed E-state index contributed by atoms with van der Waals surface area (Å²) in [6, 6.07) is 7.77. The van der Waals surface area contributed by atoms with Crippen LogP contribution in [0.25, 0.3) is 11.0 Å². The number of fused-ring (bicyclic) bond motifs is 1. The number of aromatic nitrogens is 2. The molecular weight excluding hydrogens is 294 g/mol. The van der Waals surface area contributed by atoms with E-state index in [0.717, 1.165) is 24.0 Å². The summed E-state index contributed by atoms with van der Waals surface area (Å²) in [5, 5.41) is 4.04. The van der Waals surface area contributed by atoms with Crippen molar-refractivity contribution in [1.29, 1.82) is 0 Å². The molecule has 2 heterocycles. The van der Waals surface area contributed by atoms with Crippen molar-refractivity contribution < 1.29 is 4.21 Å². The van der Waals surface area contributed by atoms with E-state index in [1.54, 1.807) is 0 Å². The van der Waals surface area contributed by atoms with Gasteiger partial charge >= 0.3 is 0 Å². The zero-order valence-electron chi connectivity index (χ0n) is 11.0. The van der Waals surface area contributed by atoms with Crippen LogP contribution in [0.3, 0.4) is 0 Å². The maximum atomic E-state index is 12.5. The van der Waals surface area contributed by atoms with Crippen LogP contribution in [0.5, 0.6) is 0 Å². The Morgan fingerprint density at radius 2 is 2.00 bits per heavy atom. The summed E-state index contributed by atoms with van der Waals surface area (Å²) in [5.74, 6) is 0.548. The molecule has 0 bridgehead atoms. The van der Waals surface area contributed by atoms with Crippen molar-refractivity contribution in [2.75, 3.05) is 12.3 Å². The van der Waals surface area contributed by atoms with Crippen LogP contribution in [-0.2, 0) is 10.8 Å². The van der Waals surface area contributed by atoms with Crippen LogP contribution >= 0.6 is 11.6 Å². The smallest absolute Gasteiger partial charge is 0.165 e. The predicted molar refractivity (Wildman–Crippen MR) is 81.5 cm³/mol. The summed E-state index contributed by atoms with van der Waals surface area (Å²) < 4.78 is 12.5. The molecule has 0 saturated carbocycles. The van der Waals surface area contributed by atoms with Crippen molar-refractivity contribution >= 4 is 33.4 Å². The molecule has 1 aliphatic heterocycles. The van der Waals surface area contributed by atoms with Crippen molar-refractivity contribution in [3.63, 3.8) is 0 Å². The number of halogens is 1. The molecule has 4 nitrogen and oxygen atoms in total. The van der Waals surface area contributed by atoms with Crippen LogP contribution in [-0.4, -0.2) is 32.5 Å². The Morgan fingerprint density at radius 1 is 1.25 bits per heavy atom. The van der Waals surface area contributed by atoms with Gasteiger partial charge in [-0.05, 0) is 31.5 Å². The average molecular weight is 310 g/mol. The molecule has 106 valence electrons. The molecule has 1 saturated heterocycles. The molecule has 20 heavy (non-hydrogen) atoms. The molecule has 2 aromatic rings. The van der Waals surface area contributed by atoms with E-state index in [4.69, 9.17) is 11.6 Å². The second-order valence-electron chi connectivity index (χ2n) is 4.97. The topological polar surface area (TPSA) is 54.9 Å². The van der Waals surface area contributed by atoms with Crippen LogP contribution in [0.1, 0.15) is 19.3 Å². The Kier molecular flexibility index (Phi) is 4.29. The van der Waals surface area contributed by atoms with Gasteiger partial charge in [-0.25, -0.2) is 9.97 Å². The minimum Gasteiger partial charge on any atom is -0.313 e. The molecule has 0 radical (unpaired) electrons. The van der Waals surface area contributed by atoms with Crippen molar-refractivity contribution in [3.8, 4) is 0 Å². The lowest BCUT2D eigenvalue weighted by atomic mass is 10.1. The van der Waals surface area contributed by atoms with Crippen molar-refractivity contribution in [1.82, 2.24) is 15.3 Å². The lowest BCUT2D eigenvalue weighted by Gasteiger charge is -2.22. The van der Waals surface area contributed by atoms with E-state index in [9.17, 15) is 4.21 Å². The number of piperidine rings is 1. The number of rotatable bonds is 3. The fourth-order valence-corrected chi connectivity index (χ4v) is 4.07. The van der Waals surface area contributed by atoms with E-state index in [-0.39, 0.29) is 11.2 Å². The molecule has 1 fully saturated rings. The van der Waals surface area contributed by atoms with E-state index >= 15 is 0 Å². The maximum Gasteiger partial charge on any atom is 0.165 e. The van der Waals surface area contributed by atoms with Gasteiger partial charge in [-0.2, -0.15) is 0 Å². The largest absolute Gasteiger partial charge is 0.313 e. The van der Waals surface area contributed by atoms with Crippen molar-refractivity contribution in [3.05, 3.63) is 29.4 Å². The van der Waals surface area contributed by atoms with Crippen LogP contribution in [0.4, 0.5) is 0 Å². The van der Waals surface area contributed by atoms with Crippen molar-refractivity contribution in [2.24, 2.45) is 0 Å². The summed E-state index contributed by atoms with van der Waals surface area (Å²) in [4.78, 5) is 8.70. The Hall–Kier alpha value is -1.04. The summed E-state index contributed by atoms with van der Waals surface area (Å²) in [7, 11) is -1.22. The molecule has 1 aliphatic rings. The molecule has 1 N–H and O–H groups in total. The number of hydrogen-bond donors (Lipinski definition) is 1. The van der Waals surface area contributed by atoms with Gasteiger partial charge < -0.3 is 5.32 Å². The van der Waals surface area contributed by atoms with E-state index in [0.29, 0.717) is 10.8 Å². The molecule has 3 rings (SSSR count). The normalized spacial score (nSPS) is 20.9. The van der Waals surface area contributed by atoms with E-state index in [1.807, 2.05) is 24.3 Å². The highest BCUT2D eigenvalue weighted by Crippen LogP contribution is 2.21. The van der Waals surface area contributed by atoms with Gasteiger partial charge in [0.2, 0.25) is 0 Å². The summed E-state index contributed by atoms with van der Waals surface area (Å²) in [6.07, 6.45) is 3.44. The molecule has 1 aromatic heterocycles. The van der Waals surface area contributed by atoms with Gasteiger partial charge in [0.1, 0.15) is 0 Å². The van der Waals surface area contributed by atoms with Gasteiger partial charge in [0, 0.05) is 11.8 Å². The first-order valence-corrected chi connectivity index (χ1v) is 8.48. The molecule has 1 aromatic carbocycles. The number of nitrogens with zero attached hydrogens (tertiary/aromatic N) is 2. The fourth-order valence-electron chi connectivity index (χ4n) is 2.44. The number of nitrogens with one attached hydrogen (secondary N) is 1. The first-order valence-electron chi connectivity index (χ1n) is 6.78. The van der Waals surface area contributed by atoms with Gasteiger partial charge in [0.25, 0.3) is 0 Å². The van der Waals surface area contributed by atoms with Crippen LogP contribution in [0.15, 0.2) is 29.3 Å². The molecule has 2 atom stereocenters. The third kappa shape index (κ3) is 3.00. The van der Waals surface area contributed by atoms with E-state index in [1.165, 1.54) is 12.8 Å². The lowest BCUT2D eigenvalue weighted by Crippen LogP contribution is -2.38. The van der Waals surface area contributed by atoms with Gasteiger partial charge in [-0.1, -0.05) is 30.2 Å². The van der Waals surface area contributed by atoms with Crippen LogP contribution < -0.4 is 5.32 Å². The molecule has 6 heteroatoms. The number of benzene rings is 1. The summed E-state index contributed by atoms with van der Waals surface area (Å²) in [6.45, 7) is 0.999. The molecule has 0 aliphatic carbocycles. The van der Waals surface area contributed by atoms with E-state index in [2.05, 4.69) is 15.3 Å². The highest BCUT2D eigenvalue weighted by molar-refractivity contribution is 7.85. The van der Waals surface area contributed by atoms with Gasteiger partial charge in [-0.15, -0.1) is 0 Å². The molecule has 0 spiro atoms. The predicted octanol–water partition coefficient (Wildman–Crippen LogP) is 2.53. The van der Waals surface area contributed by atoms with Gasteiger partial charge in [0.15, 0.2) is 10.2 Å². The Labute approximate surface area is 125 Å². The summed E-state index contributed by atoms with van der Waals surface area (Å²) >= 11 is 6.13. The SMILES string of the molecule is O=[S@@](C[C@H]1CCCCN1)c1nc2ccccc2nc1Cl. The molecule has 0 amide bonds. The number of para-hydroxylation sites is 2. The third-order valence-corrected chi connectivity index (χ3v) is 5.28. The highest BCUT2D eigenvalue weighted by atomic mass is 35.5. The second kappa shape index (κ2) is 6.16. The van der Waals surface area contributed by atoms with E-state index < -0.39 is 10.8 Å². The Balaban J connectivity index is 1.84. The maximum absolute atomic E-state index is 12.5. The third-order valence-electron chi connectivity index (χ3n) is 3.48. The molecule has 0 unspecified atom stereocenters. The van der Waals surface area contributed by atoms with Crippen molar-refractivity contribution in [2.45, 2.75) is 30.3 Å². The Morgan fingerprint density at radius 3 is 2.70 bits per heavy atom. The Bertz CT molecular complexity index is 643. The monoisotopic (exact) mass is 309 g/mol. The summed E-state index contributed by atoms with van der Waals surface area (Å²) in [5.41, 5.74) is 1.46. The number of hydrogen-bond acceptors (Lipinski definition) is 4. The lowest BCUT2D eigenvalue weighted by molar-refractivity contribution is 0.427.